The van der Waals surface area contributed by atoms with E-state index >= 15 is 0 Å². The van der Waals surface area contributed by atoms with Gasteiger partial charge >= 0.3 is 0 Å². The molecule has 1 amide bonds. The third kappa shape index (κ3) is 3.60. The molecule has 0 bridgehead atoms. The standard InChI is InChI=1S/C17H26N2O/c1-11(2)18-17(20)13(4)19-12(3)15-9-8-14-6-5-7-16(14)10-15/h8-13,19H,5-7H2,1-4H3,(H,18,20). The summed E-state index contributed by atoms with van der Waals surface area (Å²) in [6.45, 7) is 8.00. The zero-order valence-electron chi connectivity index (χ0n) is 13.0. The van der Waals surface area contributed by atoms with Crippen molar-refractivity contribution in [1.29, 1.82) is 0 Å². The van der Waals surface area contributed by atoms with E-state index in [4.69, 9.17) is 0 Å². The molecule has 20 heavy (non-hydrogen) atoms. The Morgan fingerprint density at radius 3 is 2.50 bits per heavy atom. The van der Waals surface area contributed by atoms with Gasteiger partial charge in [0.15, 0.2) is 0 Å². The molecule has 0 spiro atoms. The predicted molar refractivity (Wildman–Crippen MR) is 82.8 cm³/mol. The molecule has 0 aromatic heterocycles. The number of benzene rings is 1. The summed E-state index contributed by atoms with van der Waals surface area (Å²) in [4.78, 5) is 11.9. The summed E-state index contributed by atoms with van der Waals surface area (Å²) >= 11 is 0. The van der Waals surface area contributed by atoms with E-state index in [1.54, 1.807) is 0 Å². The van der Waals surface area contributed by atoms with Crippen LogP contribution in [0.25, 0.3) is 0 Å². The van der Waals surface area contributed by atoms with Crippen LogP contribution in [0.4, 0.5) is 0 Å². The van der Waals surface area contributed by atoms with Gasteiger partial charge in [0.05, 0.1) is 6.04 Å². The molecule has 3 heteroatoms. The maximum absolute atomic E-state index is 11.9. The van der Waals surface area contributed by atoms with Crippen molar-refractivity contribution in [3.8, 4) is 0 Å². The van der Waals surface area contributed by atoms with E-state index in [9.17, 15) is 4.79 Å². The number of fused-ring (bicyclic) bond motifs is 1. The van der Waals surface area contributed by atoms with Gasteiger partial charge in [0.25, 0.3) is 0 Å². The number of hydrogen-bond donors (Lipinski definition) is 2. The third-order valence-corrected chi connectivity index (χ3v) is 3.95. The first-order valence-corrected chi connectivity index (χ1v) is 7.65. The average molecular weight is 274 g/mol. The summed E-state index contributed by atoms with van der Waals surface area (Å²) in [5.74, 6) is 0.0630. The van der Waals surface area contributed by atoms with Crippen molar-refractivity contribution in [2.45, 2.75) is 65.1 Å². The van der Waals surface area contributed by atoms with Crippen LogP contribution in [-0.2, 0) is 17.6 Å². The van der Waals surface area contributed by atoms with Crippen LogP contribution in [-0.4, -0.2) is 18.0 Å². The smallest absolute Gasteiger partial charge is 0.237 e. The summed E-state index contributed by atoms with van der Waals surface area (Å²) < 4.78 is 0. The van der Waals surface area contributed by atoms with Crippen molar-refractivity contribution in [3.63, 3.8) is 0 Å². The molecule has 0 heterocycles. The lowest BCUT2D eigenvalue weighted by Crippen LogP contribution is -2.45. The van der Waals surface area contributed by atoms with Gasteiger partial charge < -0.3 is 5.32 Å². The number of amides is 1. The Labute approximate surface area is 122 Å². The van der Waals surface area contributed by atoms with E-state index in [1.165, 1.54) is 36.0 Å². The normalized spacial score (nSPS) is 16.9. The summed E-state index contributed by atoms with van der Waals surface area (Å²) in [5, 5.41) is 6.32. The topological polar surface area (TPSA) is 41.1 Å². The maximum Gasteiger partial charge on any atom is 0.237 e. The zero-order chi connectivity index (χ0) is 14.7. The van der Waals surface area contributed by atoms with Gasteiger partial charge in [0.1, 0.15) is 0 Å². The Morgan fingerprint density at radius 1 is 1.10 bits per heavy atom. The lowest BCUT2D eigenvalue weighted by Gasteiger charge is -2.21. The predicted octanol–water partition coefficient (Wildman–Crippen LogP) is 2.74. The zero-order valence-corrected chi connectivity index (χ0v) is 13.0. The van der Waals surface area contributed by atoms with Gasteiger partial charge in [-0.25, -0.2) is 0 Å². The Balaban J connectivity index is 1.97. The highest BCUT2D eigenvalue weighted by Gasteiger charge is 2.18. The number of carbonyl (C=O) groups is 1. The molecule has 0 saturated carbocycles. The fourth-order valence-corrected chi connectivity index (χ4v) is 2.82. The minimum Gasteiger partial charge on any atom is -0.353 e. The molecule has 0 saturated heterocycles. The molecule has 0 fully saturated rings. The van der Waals surface area contributed by atoms with E-state index in [-0.39, 0.29) is 24.0 Å². The van der Waals surface area contributed by atoms with E-state index in [2.05, 4.69) is 35.8 Å². The lowest BCUT2D eigenvalue weighted by atomic mass is 10.0. The van der Waals surface area contributed by atoms with Gasteiger partial charge in [0, 0.05) is 12.1 Å². The summed E-state index contributed by atoms with van der Waals surface area (Å²) in [7, 11) is 0. The number of aryl methyl sites for hydroxylation is 2. The average Bonchev–Trinajstić information content (AvgIpc) is 2.84. The summed E-state index contributed by atoms with van der Waals surface area (Å²) in [6, 6.07) is 6.92. The van der Waals surface area contributed by atoms with Gasteiger partial charge in [-0.3, -0.25) is 10.1 Å². The van der Waals surface area contributed by atoms with Gasteiger partial charge in [-0.15, -0.1) is 0 Å². The van der Waals surface area contributed by atoms with Crippen molar-refractivity contribution in [2.75, 3.05) is 0 Å². The third-order valence-electron chi connectivity index (χ3n) is 3.95. The highest BCUT2D eigenvalue weighted by Crippen LogP contribution is 2.25. The minimum absolute atomic E-state index is 0.0630. The molecule has 2 atom stereocenters. The molecule has 1 aliphatic carbocycles. The Hall–Kier alpha value is -1.35. The van der Waals surface area contributed by atoms with Crippen molar-refractivity contribution < 1.29 is 4.79 Å². The van der Waals surface area contributed by atoms with Crippen molar-refractivity contribution in [2.24, 2.45) is 0 Å². The molecule has 2 rings (SSSR count). The molecular weight excluding hydrogens is 248 g/mol. The SMILES string of the molecule is CC(C)NC(=O)C(C)NC(C)c1ccc2c(c1)CCC2. The van der Waals surface area contributed by atoms with Gasteiger partial charge in [-0.1, -0.05) is 18.2 Å². The fourth-order valence-electron chi connectivity index (χ4n) is 2.82. The molecule has 0 aliphatic heterocycles. The molecule has 1 aromatic rings. The monoisotopic (exact) mass is 274 g/mol. The first-order valence-electron chi connectivity index (χ1n) is 7.65. The molecule has 1 aliphatic rings. The van der Waals surface area contributed by atoms with E-state index in [0.717, 1.165) is 0 Å². The Morgan fingerprint density at radius 2 is 1.80 bits per heavy atom. The van der Waals surface area contributed by atoms with Gasteiger partial charge in [0.2, 0.25) is 5.91 Å². The first kappa shape index (κ1) is 15.0. The number of nitrogens with one attached hydrogen (secondary N) is 2. The Bertz CT molecular complexity index is 482. The van der Waals surface area contributed by atoms with Crippen molar-refractivity contribution in [1.82, 2.24) is 10.6 Å². The Kier molecular flexibility index (Phi) is 4.81. The van der Waals surface area contributed by atoms with Crippen LogP contribution in [0.1, 0.15) is 56.8 Å². The molecule has 1 aromatic carbocycles. The van der Waals surface area contributed by atoms with E-state index in [0.29, 0.717) is 0 Å². The van der Waals surface area contributed by atoms with Gasteiger partial charge in [-0.2, -0.15) is 0 Å². The van der Waals surface area contributed by atoms with Crippen LogP contribution in [0, 0.1) is 0 Å². The molecule has 2 N–H and O–H groups in total. The number of rotatable bonds is 5. The molecule has 2 unspecified atom stereocenters. The fraction of sp³-hybridized carbons (Fsp3) is 0.588. The largest absolute Gasteiger partial charge is 0.353 e. The van der Waals surface area contributed by atoms with Crippen molar-refractivity contribution in [3.05, 3.63) is 34.9 Å². The van der Waals surface area contributed by atoms with E-state index < -0.39 is 0 Å². The second kappa shape index (κ2) is 6.40. The second-order valence-corrected chi connectivity index (χ2v) is 6.16. The van der Waals surface area contributed by atoms with Crippen LogP contribution in [0.15, 0.2) is 18.2 Å². The highest BCUT2D eigenvalue weighted by molar-refractivity contribution is 5.81. The number of hydrogen-bond acceptors (Lipinski definition) is 2. The summed E-state index contributed by atoms with van der Waals surface area (Å²) in [5.41, 5.74) is 4.25. The second-order valence-electron chi connectivity index (χ2n) is 6.16. The quantitative estimate of drug-likeness (QED) is 0.867. The van der Waals surface area contributed by atoms with Crippen LogP contribution >= 0.6 is 0 Å². The molecule has 110 valence electrons. The van der Waals surface area contributed by atoms with Crippen LogP contribution in [0.3, 0.4) is 0 Å². The minimum atomic E-state index is -0.180. The van der Waals surface area contributed by atoms with Crippen LogP contribution < -0.4 is 10.6 Å². The van der Waals surface area contributed by atoms with Crippen molar-refractivity contribution >= 4 is 5.91 Å². The maximum atomic E-state index is 11.9. The summed E-state index contributed by atoms with van der Waals surface area (Å²) in [6.07, 6.45) is 3.68. The number of carbonyl (C=O) groups excluding carboxylic acids is 1. The van der Waals surface area contributed by atoms with Crippen LogP contribution in [0.5, 0.6) is 0 Å². The molecular formula is C17H26N2O. The molecule has 0 radical (unpaired) electrons. The highest BCUT2D eigenvalue weighted by atomic mass is 16.2. The van der Waals surface area contributed by atoms with Crippen LogP contribution in [0.2, 0.25) is 0 Å². The lowest BCUT2D eigenvalue weighted by molar-refractivity contribution is -0.123. The molecule has 3 nitrogen and oxygen atoms in total. The first-order chi connectivity index (χ1) is 9.47. The van der Waals surface area contributed by atoms with E-state index in [1.807, 2.05) is 20.8 Å². The van der Waals surface area contributed by atoms with Gasteiger partial charge in [-0.05, 0) is 63.6 Å².